The van der Waals surface area contributed by atoms with E-state index in [1.54, 1.807) is 0 Å². The van der Waals surface area contributed by atoms with Crippen LogP contribution in [0.1, 0.15) is 0 Å². The number of rotatable bonds is 1. The third-order valence-electron chi connectivity index (χ3n) is 2.09. The van der Waals surface area contributed by atoms with E-state index in [4.69, 9.17) is 5.73 Å². The minimum Gasteiger partial charge on any atom is -0.396 e. The average Bonchev–Trinajstić information content (AvgIpc) is 2.24. The highest BCUT2D eigenvalue weighted by Crippen LogP contribution is 2.26. The Bertz CT molecular complexity index is 480. The number of anilines is 1. The standard InChI is InChI=1S/C11H8F2N2/c12-8-3-1-7(2-4-8)9-5-15-6-10(13)11(9)14/h1-6H,(H2,14,15). The molecule has 0 saturated carbocycles. The number of nitrogens with two attached hydrogens (primary N) is 1. The van der Waals surface area contributed by atoms with Gasteiger partial charge in [0.15, 0.2) is 5.82 Å². The second-order valence-corrected chi connectivity index (χ2v) is 3.09. The lowest BCUT2D eigenvalue weighted by Crippen LogP contribution is -1.95. The number of halogens is 2. The van der Waals surface area contributed by atoms with E-state index in [9.17, 15) is 8.78 Å². The summed E-state index contributed by atoms with van der Waals surface area (Å²) >= 11 is 0. The molecule has 1 aromatic heterocycles. The van der Waals surface area contributed by atoms with E-state index < -0.39 is 5.82 Å². The van der Waals surface area contributed by atoms with E-state index in [1.807, 2.05) is 0 Å². The molecule has 0 atom stereocenters. The van der Waals surface area contributed by atoms with Gasteiger partial charge in [0.05, 0.1) is 11.9 Å². The Morgan fingerprint density at radius 1 is 1.00 bits per heavy atom. The normalized spacial score (nSPS) is 10.3. The third-order valence-corrected chi connectivity index (χ3v) is 2.09. The van der Waals surface area contributed by atoms with Gasteiger partial charge in [0.25, 0.3) is 0 Å². The molecule has 2 aromatic rings. The molecule has 0 aliphatic rings. The summed E-state index contributed by atoms with van der Waals surface area (Å²) in [6, 6.07) is 5.64. The fourth-order valence-electron chi connectivity index (χ4n) is 1.30. The van der Waals surface area contributed by atoms with Crippen LogP contribution in [0.2, 0.25) is 0 Å². The lowest BCUT2D eigenvalue weighted by atomic mass is 10.1. The lowest BCUT2D eigenvalue weighted by molar-refractivity contribution is 0.626. The van der Waals surface area contributed by atoms with Crippen LogP contribution in [0.5, 0.6) is 0 Å². The van der Waals surface area contributed by atoms with E-state index in [-0.39, 0.29) is 11.5 Å². The van der Waals surface area contributed by atoms with Crippen LogP contribution in [0.15, 0.2) is 36.7 Å². The Kier molecular flexibility index (Phi) is 2.33. The van der Waals surface area contributed by atoms with Crippen LogP contribution in [0, 0.1) is 11.6 Å². The van der Waals surface area contributed by atoms with Crippen molar-refractivity contribution in [2.75, 3.05) is 5.73 Å². The number of aromatic nitrogens is 1. The molecule has 0 saturated heterocycles. The molecule has 0 unspecified atom stereocenters. The number of nitrogen functional groups attached to an aromatic ring is 1. The van der Waals surface area contributed by atoms with Gasteiger partial charge in [0, 0.05) is 11.8 Å². The first-order chi connectivity index (χ1) is 7.18. The molecule has 2 N–H and O–H groups in total. The van der Waals surface area contributed by atoms with Gasteiger partial charge < -0.3 is 5.73 Å². The Labute approximate surface area is 85.4 Å². The van der Waals surface area contributed by atoms with Crippen LogP contribution in [0.3, 0.4) is 0 Å². The number of pyridine rings is 1. The zero-order valence-electron chi connectivity index (χ0n) is 7.74. The van der Waals surface area contributed by atoms with Crippen LogP contribution < -0.4 is 5.73 Å². The molecule has 2 nitrogen and oxygen atoms in total. The fraction of sp³-hybridized carbons (Fsp3) is 0. The van der Waals surface area contributed by atoms with Crippen molar-refractivity contribution in [2.45, 2.75) is 0 Å². The smallest absolute Gasteiger partial charge is 0.164 e. The minimum absolute atomic E-state index is 0.0246. The maximum atomic E-state index is 13.1. The third kappa shape index (κ3) is 1.79. The van der Waals surface area contributed by atoms with E-state index in [2.05, 4.69) is 4.98 Å². The molecule has 1 aromatic carbocycles. The molecular weight excluding hydrogens is 198 g/mol. The monoisotopic (exact) mass is 206 g/mol. The van der Waals surface area contributed by atoms with Crippen molar-refractivity contribution in [2.24, 2.45) is 0 Å². The maximum absolute atomic E-state index is 13.1. The Hall–Kier alpha value is -1.97. The van der Waals surface area contributed by atoms with E-state index in [1.165, 1.54) is 30.5 Å². The quantitative estimate of drug-likeness (QED) is 0.778. The Morgan fingerprint density at radius 2 is 1.67 bits per heavy atom. The summed E-state index contributed by atoms with van der Waals surface area (Å²) in [6.07, 6.45) is 2.49. The molecule has 0 aliphatic carbocycles. The van der Waals surface area contributed by atoms with Crippen molar-refractivity contribution >= 4 is 5.69 Å². The molecule has 0 fully saturated rings. The zero-order chi connectivity index (χ0) is 10.8. The van der Waals surface area contributed by atoms with Crippen molar-refractivity contribution in [3.05, 3.63) is 48.3 Å². The van der Waals surface area contributed by atoms with Gasteiger partial charge in [0.1, 0.15) is 5.82 Å². The summed E-state index contributed by atoms with van der Waals surface area (Å²) in [7, 11) is 0. The molecular formula is C11H8F2N2. The van der Waals surface area contributed by atoms with Crippen molar-refractivity contribution in [1.29, 1.82) is 0 Å². The highest BCUT2D eigenvalue weighted by molar-refractivity contribution is 5.75. The van der Waals surface area contributed by atoms with Crippen LogP contribution in [-0.4, -0.2) is 4.98 Å². The predicted molar refractivity (Wildman–Crippen MR) is 54.0 cm³/mol. The van der Waals surface area contributed by atoms with Gasteiger partial charge >= 0.3 is 0 Å². The SMILES string of the molecule is Nc1c(F)cncc1-c1ccc(F)cc1. The summed E-state index contributed by atoms with van der Waals surface area (Å²) < 4.78 is 25.7. The average molecular weight is 206 g/mol. The van der Waals surface area contributed by atoms with Gasteiger partial charge in [-0.3, -0.25) is 4.98 Å². The molecule has 76 valence electrons. The first kappa shape index (κ1) is 9.58. The highest BCUT2D eigenvalue weighted by atomic mass is 19.1. The molecule has 0 aliphatic heterocycles. The largest absolute Gasteiger partial charge is 0.396 e. The van der Waals surface area contributed by atoms with E-state index >= 15 is 0 Å². The molecule has 0 spiro atoms. The van der Waals surface area contributed by atoms with E-state index in [0.29, 0.717) is 11.1 Å². The van der Waals surface area contributed by atoms with Crippen LogP contribution in [0.4, 0.5) is 14.5 Å². The van der Waals surface area contributed by atoms with Crippen LogP contribution in [0.25, 0.3) is 11.1 Å². The fourth-order valence-corrected chi connectivity index (χ4v) is 1.30. The van der Waals surface area contributed by atoms with Crippen molar-refractivity contribution in [1.82, 2.24) is 4.98 Å². The topological polar surface area (TPSA) is 38.9 Å². The second-order valence-electron chi connectivity index (χ2n) is 3.09. The predicted octanol–water partition coefficient (Wildman–Crippen LogP) is 2.61. The van der Waals surface area contributed by atoms with E-state index in [0.717, 1.165) is 6.20 Å². The maximum Gasteiger partial charge on any atom is 0.164 e. The van der Waals surface area contributed by atoms with Crippen molar-refractivity contribution in [3.63, 3.8) is 0 Å². The van der Waals surface area contributed by atoms with Gasteiger partial charge in [-0.05, 0) is 17.7 Å². The summed E-state index contributed by atoms with van der Waals surface area (Å²) in [5.74, 6) is -0.918. The van der Waals surface area contributed by atoms with Gasteiger partial charge in [-0.15, -0.1) is 0 Å². The van der Waals surface area contributed by atoms with Crippen LogP contribution >= 0.6 is 0 Å². The number of hydrogen-bond donors (Lipinski definition) is 1. The van der Waals surface area contributed by atoms with Crippen molar-refractivity contribution in [3.8, 4) is 11.1 Å². The van der Waals surface area contributed by atoms with Gasteiger partial charge in [-0.1, -0.05) is 12.1 Å². The molecule has 4 heteroatoms. The Balaban J connectivity index is 2.54. The first-order valence-electron chi connectivity index (χ1n) is 4.33. The first-order valence-corrected chi connectivity index (χ1v) is 4.33. The number of benzene rings is 1. The lowest BCUT2D eigenvalue weighted by Gasteiger charge is -2.05. The molecule has 0 amide bonds. The van der Waals surface area contributed by atoms with Gasteiger partial charge in [-0.2, -0.15) is 0 Å². The van der Waals surface area contributed by atoms with Gasteiger partial charge in [-0.25, -0.2) is 8.78 Å². The minimum atomic E-state index is -0.572. The zero-order valence-corrected chi connectivity index (χ0v) is 7.74. The van der Waals surface area contributed by atoms with Crippen LogP contribution in [-0.2, 0) is 0 Å². The highest BCUT2D eigenvalue weighted by Gasteiger charge is 2.07. The number of hydrogen-bond acceptors (Lipinski definition) is 2. The number of nitrogens with zero attached hydrogens (tertiary/aromatic N) is 1. The van der Waals surface area contributed by atoms with Gasteiger partial charge in [0.2, 0.25) is 0 Å². The molecule has 0 bridgehead atoms. The Morgan fingerprint density at radius 3 is 2.33 bits per heavy atom. The molecule has 1 heterocycles. The molecule has 15 heavy (non-hydrogen) atoms. The second kappa shape index (κ2) is 3.65. The summed E-state index contributed by atoms with van der Waals surface area (Å²) in [5, 5.41) is 0. The summed E-state index contributed by atoms with van der Waals surface area (Å²) in [6.45, 7) is 0. The molecule has 2 rings (SSSR count). The summed E-state index contributed by atoms with van der Waals surface area (Å²) in [4.78, 5) is 3.70. The molecule has 0 radical (unpaired) electrons. The summed E-state index contributed by atoms with van der Waals surface area (Å²) in [5.41, 5.74) is 6.68. The van der Waals surface area contributed by atoms with Crippen molar-refractivity contribution < 1.29 is 8.78 Å².